The highest BCUT2D eigenvalue weighted by atomic mass is 16.5. The molecule has 0 aliphatic heterocycles. The number of likely N-dealkylation sites (N-methyl/N-ethyl adjacent to an activating group) is 1. The molecule has 0 aliphatic carbocycles. The maximum absolute atomic E-state index is 11.9. The Morgan fingerprint density at radius 2 is 1.81 bits per heavy atom. The zero-order valence-corrected chi connectivity index (χ0v) is 15.1. The van der Waals surface area contributed by atoms with Gasteiger partial charge in [0.1, 0.15) is 5.75 Å². The summed E-state index contributed by atoms with van der Waals surface area (Å²) in [4.78, 5) is 18.0. The van der Waals surface area contributed by atoms with Crippen molar-refractivity contribution in [2.75, 3.05) is 30.4 Å². The summed E-state index contributed by atoms with van der Waals surface area (Å²) < 4.78 is 5.40. The van der Waals surface area contributed by atoms with Gasteiger partial charge in [0.15, 0.2) is 18.2 Å². The number of amides is 1. The Morgan fingerprint density at radius 1 is 1.04 bits per heavy atom. The molecule has 0 bridgehead atoms. The lowest BCUT2D eigenvalue weighted by atomic mass is 10.2. The highest BCUT2D eigenvalue weighted by Gasteiger charge is 2.07. The number of benzene rings is 1. The van der Waals surface area contributed by atoms with Crippen LogP contribution in [0.4, 0.5) is 11.6 Å². The number of carbonyl (C=O) groups excluding carboxylic acids is 1. The minimum atomic E-state index is -0.285. The first-order chi connectivity index (χ1) is 13.2. The highest BCUT2D eigenvalue weighted by molar-refractivity contribution is 5.90. The summed E-state index contributed by atoms with van der Waals surface area (Å²) in [5, 5.41) is 10.9. The van der Waals surface area contributed by atoms with E-state index in [9.17, 15) is 4.79 Å². The molecule has 0 fully saturated rings. The molecule has 138 valence electrons. The van der Waals surface area contributed by atoms with E-state index in [0.717, 1.165) is 18.8 Å². The van der Waals surface area contributed by atoms with E-state index in [1.165, 1.54) is 5.56 Å². The molecule has 2 aromatic heterocycles. The Kier molecular flexibility index (Phi) is 6.30. The minimum absolute atomic E-state index is 0.0840. The quantitative estimate of drug-likeness (QED) is 0.663. The first-order valence-corrected chi connectivity index (χ1v) is 8.62. The average molecular weight is 363 g/mol. The van der Waals surface area contributed by atoms with Crippen molar-refractivity contribution in [3.05, 3.63) is 72.6 Å². The smallest absolute Gasteiger partial charge is 0.263 e. The number of aromatic nitrogens is 3. The molecule has 1 aromatic carbocycles. The molecule has 0 atom stereocenters. The molecule has 2 heterocycles. The molecular weight excluding hydrogens is 342 g/mol. The second-order valence-corrected chi connectivity index (χ2v) is 5.95. The summed E-state index contributed by atoms with van der Waals surface area (Å²) in [5.74, 6) is 1.49. The van der Waals surface area contributed by atoms with Gasteiger partial charge in [-0.05, 0) is 48.4 Å². The highest BCUT2D eigenvalue weighted by Crippen LogP contribution is 2.12. The minimum Gasteiger partial charge on any atom is -0.484 e. The second-order valence-electron chi connectivity index (χ2n) is 5.95. The molecule has 1 N–H and O–H groups in total. The fraction of sp³-hybridized carbons (Fsp3) is 0.200. The number of anilines is 2. The summed E-state index contributed by atoms with van der Waals surface area (Å²) in [6.45, 7) is 0.717. The van der Waals surface area contributed by atoms with Gasteiger partial charge in [-0.3, -0.25) is 9.78 Å². The molecule has 3 rings (SSSR count). The molecule has 0 spiro atoms. The SMILES string of the molecule is CN(CCc1ccncc1)c1ccc(NC(=O)COc2ccccc2)nn1. The number of hydrogen-bond acceptors (Lipinski definition) is 6. The van der Waals surface area contributed by atoms with Gasteiger partial charge in [-0.25, -0.2) is 0 Å². The van der Waals surface area contributed by atoms with Crippen molar-refractivity contribution >= 4 is 17.5 Å². The molecule has 0 aliphatic rings. The average Bonchev–Trinajstić information content (AvgIpc) is 2.72. The topological polar surface area (TPSA) is 80.2 Å². The van der Waals surface area contributed by atoms with Gasteiger partial charge >= 0.3 is 0 Å². The molecule has 3 aromatic rings. The predicted molar refractivity (Wildman–Crippen MR) is 104 cm³/mol. The largest absolute Gasteiger partial charge is 0.484 e. The third-order valence-electron chi connectivity index (χ3n) is 3.91. The van der Waals surface area contributed by atoms with Gasteiger partial charge in [0.25, 0.3) is 5.91 Å². The number of hydrogen-bond donors (Lipinski definition) is 1. The van der Waals surface area contributed by atoms with Crippen LogP contribution in [0.5, 0.6) is 5.75 Å². The van der Waals surface area contributed by atoms with Gasteiger partial charge in [-0.1, -0.05) is 18.2 Å². The van der Waals surface area contributed by atoms with Crippen molar-refractivity contribution < 1.29 is 9.53 Å². The predicted octanol–water partition coefficient (Wildman–Crippen LogP) is 2.57. The van der Waals surface area contributed by atoms with Gasteiger partial charge in [-0.2, -0.15) is 0 Å². The van der Waals surface area contributed by atoms with Gasteiger partial charge in [-0.15, -0.1) is 10.2 Å². The molecular formula is C20H21N5O2. The molecule has 27 heavy (non-hydrogen) atoms. The van der Waals surface area contributed by atoms with Gasteiger partial charge in [0, 0.05) is 26.0 Å². The lowest BCUT2D eigenvalue weighted by Crippen LogP contribution is -2.23. The maximum Gasteiger partial charge on any atom is 0.263 e. The Bertz CT molecular complexity index is 841. The fourth-order valence-electron chi connectivity index (χ4n) is 2.40. The maximum atomic E-state index is 11.9. The number of rotatable bonds is 8. The van der Waals surface area contributed by atoms with Crippen LogP contribution in [-0.2, 0) is 11.2 Å². The third-order valence-corrected chi connectivity index (χ3v) is 3.91. The van der Waals surface area contributed by atoms with E-state index in [-0.39, 0.29) is 12.5 Å². The molecule has 7 nitrogen and oxygen atoms in total. The first-order valence-electron chi connectivity index (χ1n) is 8.62. The van der Waals surface area contributed by atoms with E-state index in [1.807, 2.05) is 48.3 Å². The number of nitrogens with one attached hydrogen (secondary N) is 1. The Labute approximate surface area is 158 Å². The van der Waals surface area contributed by atoms with E-state index in [4.69, 9.17) is 4.74 Å². The van der Waals surface area contributed by atoms with Gasteiger partial charge in [0.2, 0.25) is 0 Å². The third kappa shape index (κ3) is 5.78. The van der Waals surface area contributed by atoms with Crippen LogP contribution in [0, 0.1) is 0 Å². The number of nitrogens with zero attached hydrogens (tertiary/aromatic N) is 4. The number of carbonyl (C=O) groups is 1. The molecule has 0 saturated carbocycles. The molecule has 0 radical (unpaired) electrons. The van der Waals surface area contributed by atoms with Crippen molar-refractivity contribution in [1.29, 1.82) is 0 Å². The second kappa shape index (κ2) is 9.28. The standard InChI is InChI=1S/C20H21N5O2/c1-25(14-11-16-9-12-21-13-10-16)19-8-7-18(23-24-19)22-20(26)15-27-17-5-3-2-4-6-17/h2-10,12-13H,11,14-15H2,1H3,(H,22,23,26). The Morgan fingerprint density at radius 3 is 2.52 bits per heavy atom. The fourth-order valence-corrected chi connectivity index (χ4v) is 2.40. The summed E-state index contributed by atoms with van der Waals surface area (Å²) >= 11 is 0. The zero-order chi connectivity index (χ0) is 18.9. The van der Waals surface area contributed by atoms with Crippen LogP contribution < -0.4 is 15.0 Å². The van der Waals surface area contributed by atoms with E-state index in [2.05, 4.69) is 20.5 Å². The van der Waals surface area contributed by atoms with E-state index >= 15 is 0 Å². The van der Waals surface area contributed by atoms with Gasteiger partial charge < -0.3 is 15.0 Å². The van der Waals surface area contributed by atoms with Crippen LogP contribution in [-0.4, -0.2) is 41.3 Å². The van der Waals surface area contributed by atoms with Crippen LogP contribution in [0.1, 0.15) is 5.56 Å². The molecule has 7 heteroatoms. The van der Waals surface area contributed by atoms with Crippen molar-refractivity contribution in [2.45, 2.75) is 6.42 Å². The Balaban J connectivity index is 1.47. The van der Waals surface area contributed by atoms with E-state index < -0.39 is 0 Å². The van der Waals surface area contributed by atoms with Gasteiger partial charge in [0.05, 0.1) is 0 Å². The molecule has 1 amide bonds. The van der Waals surface area contributed by atoms with Crippen LogP contribution in [0.15, 0.2) is 67.0 Å². The Hall–Kier alpha value is -3.48. The van der Waals surface area contributed by atoms with Crippen molar-refractivity contribution in [3.8, 4) is 5.75 Å². The number of ether oxygens (including phenoxy) is 1. The monoisotopic (exact) mass is 363 g/mol. The summed E-state index contributed by atoms with van der Waals surface area (Å²) in [5.41, 5.74) is 1.21. The lowest BCUT2D eigenvalue weighted by Gasteiger charge is -2.17. The van der Waals surface area contributed by atoms with Crippen LogP contribution >= 0.6 is 0 Å². The summed E-state index contributed by atoms with van der Waals surface area (Å²) in [7, 11) is 1.96. The zero-order valence-electron chi connectivity index (χ0n) is 15.1. The van der Waals surface area contributed by atoms with Crippen LogP contribution in [0.2, 0.25) is 0 Å². The lowest BCUT2D eigenvalue weighted by molar-refractivity contribution is -0.118. The summed E-state index contributed by atoms with van der Waals surface area (Å²) in [6.07, 6.45) is 4.46. The van der Waals surface area contributed by atoms with Crippen molar-refractivity contribution in [2.24, 2.45) is 0 Å². The normalized spacial score (nSPS) is 10.3. The van der Waals surface area contributed by atoms with E-state index in [0.29, 0.717) is 11.6 Å². The van der Waals surface area contributed by atoms with Crippen molar-refractivity contribution in [3.63, 3.8) is 0 Å². The van der Waals surface area contributed by atoms with Crippen molar-refractivity contribution in [1.82, 2.24) is 15.2 Å². The summed E-state index contributed by atoms with van der Waals surface area (Å²) in [6, 6.07) is 16.7. The number of para-hydroxylation sites is 1. The van der Waals surface area contributed by atoms with Crippen LogP contribution in [0.3, 0.4) is 0 Å². The van der Waals surface area contributed by atoms with Crippen LogP contribution in [0.25, 0.3) is 0 Å². The van der Waals surface area contributed by atoms with E-state index in [1.54, 1.807) is 30.6 Å². The number of pyridine rings is 1. The molecule has 0 unspecified atom stereocenters. The first kappa shape index (κ1) is 18.3. The molecule has 0 saturated heterocycles.